The number of phenolic OH excluding ortho intramolecular Hbond substituents is 1. The van der Waals surface area contributed by atoms with Crippen molar-refractivity contribution in [3.8, 4) is 11.5 Å². The molecule has 2 rings (SSSR count). The normalized spacial score (nSPS) is 17.2. The van der Waals surface area contributed by atoms with Crippen molar-refractivity contribution in [2.45, 2.75) is 26.3 Å². The van der Waals surface area contributed by atoms with Crippen molar-refractivity contribution >= 4 is 5.69 Å². The third kappa shape index (κ3) is 4.11. The first-order valence-electron chi connectivity index (χ1n) is 7.94. The second kappa shape index (κ2) is 7.61. The molecule has 128 valence electrons. The summed E-state index contributed by atoms with van der Waals surface area (Å²) in [6.07, 6.45) is 0.894. The van der Waals surface area contributed by atoms with Crippen LogP contribution >= 0.6 is 0 Å². The van der Waals surface area contributed by atoms with Gasteiger partial charge in [-0.15, -0.1) is 0 Å². The average Bonchev–Trinajstić information content (AvgIpc) is 2.53. The number of nitrogens with zero attached hydrogens (tertiary/aromatic N) is 2. The fourth-order valence-corrected chi connectivity index (χ4v) is 3.04. The van der Waals surface area contributed by atoms with Crippen molar-refractivity contribution < 1.29 is 14.8 Å². The van der Waals surface area contributed by atoms with Crippen molar-refractivity contribution in [2.24, 2.45) is 5.92 Å². The molecule has 1 atom stereocenters. The Morgan fingerprint density at radius 2 is 2.04 bits per heavy atom. The predicted molar refractivity (Wildman–Crippen MR) is 88.0 cm³/mol. The number of benzene rings is 1. The standard InChI is InChI=1S/C16H25N3O4/c1-11(2)8-13(18-6-4-17-5-7-18)12-9-14(19(21)22)16(20)15(10-12)23-3/h9-11,13,17,20H,4-8H2,1-3H3/t13-/m0/s1. The van der Waals surface area contributed by atoms with E-state index >= 15 is 0 Å². The van der Waals surface area contributed by atoms with Crippen LogP contribution in [-0.2, 0) is 0 Å². The highest BCUT2D eigenvalue weighted by Crippen LogP contribution is 2.40. The van der Waals surface area contributed by atoms with E-state index in [0.29, 0.717) is 5.92 Å². The second-order valence-corrected chi connectivity index (χ2v) is 6.28. The molecule has 1 saturated heterocycles. The molecule has 7 nitrogen and oxygen atoms in total. The predicted octanol–water partition coefficient (Wildman–Crippen LogP) is 2.30. The molecule has 0 bridgehead atoms. The van der Waals surface area contributed by atoms with E-state index in [1.807, 2.05) is 0 Å². The van der Waals surface area contributed by atoms with E-state index in [1.165, 1.54) is 13.2 Å². The van der Waals surface area contributed by atoms with Crippen molar-refractivity contribution in [2.75, 3.05) is 33.3 Å². The van der Waals surface area contributed by atoms with Gasteiger partial charge in [-0.3, -0.25) is 15.0 Å². The van der Waals surface area contributed by atoms with Gasteiger partial charge in [-0.25, -0.2) is 0 Å². The Morgan fingerprint density at radius 3 is 2.57 bits per heavy atom. The first kappa shape index (κ1) is 17.5. The minimum absolute atomic E-state index is 0.0744. The molecule has 1 aromatic rings. The zero-order valence-corrected chi connectivity index (χ0v) is 13.9. The van der Waals surface area contributed by atoms with E-state index in [2.05, 4.69) is 24.1 Å². The zero-order chi connectivity index (χ0) is 17.0. The molecule has 0 amide bonds. The summed E-state index contributed by atoms with van der Waals surface area (Å²) in [7, 11) is 1.41. The quantitative estimate of drug-likeness (QED) is 0.617. The Labute approximate surface area is 136 Å². The summed E-state index contributed by atoms with van der Waals surface area (Å²) in [5.41, 5.74) is 0.519. The highest BCUT2D eigenvalue weighted by molar-refractivity contribution is 5.57. The molecular formula is C16H25N3O4. The number of phenols is 1. The summed E-state index contributed by atoms with van der Waals surface area (Å²) in [5, 5.41) is 24.5. The molecule has 0 saturated carbocycles. The Kier molecular flexibility index (Phi) is 5.79. The summed E-state index contributed by atoms with van der Waals surface area (Å²) in [4.78, 5) is 13.0. The number of methoxy groups -OCH3 is 1. The second-order valence-electron chi connectivity index (χ2n) is 6.28. The number of ether oxygens (including phenoxy) is 1. The molecule has 0 spiro atoms. The van der Waals surface area contributed by atoms with Crippen LogP contribution in [0.15, 0.2) is 12.1 Å². The maximum absolute atomic E-state index is 11.2. The summed E-state index contributed by atoms with van der Waals surface area (Å²) < 4.78 is 5.13. The zero-order valence-electron chi connectivity index (χ0n) is 13.9. The van der Waals surface area contributed by atoms with E-state index in [-0.39, 0.29) is 17.5 Å². The van der Waals surface area contributed by atoms with Gasteiger partial charge >= 0.3 is 5.69 Å². The Balaban J connectivity index is 2.44. The molecule has 0 aromatic heterocycles. The van der Waals surface area contributed by atoms with Crippen LogP contribution in [0.25, 0.3) is 0 Å². The van der Waals surface area contributed by atoms with Crippen molar-refractivity contribution in [3.63, 3.8) is 0 Å². The first-order valence-corrected chi connectivity index (χ1v) is 7.94. The molecule has 1 aromatic carbocycles. The Hall–Kier alpha value is -1.86. The van der Waals surface area contributed by atoms with E-state index in [1.54, 1.807) is 6.07 Å². The van der Waals surface area contributed by atoms with E-state index in [9.17, 15) is 15.2 Å². The maximum atomic E-state index is 11.2. The number of rotatable bonds is 6. The number of nitrogens with one attached hydrogen (secondary N) is 1. The van der Waals surface area contributed by atoms with Gasteiger partial charge in [0.25, 0.3) is 0 Å². The summed E-state index contributed by atoms with van der Waals surface area (Å²) in [6.45, 7) is 7.89. The van der Waals surface area contributed by atoms with Crippen LogP contribution in [0.1, 0.15) is 31.9 Å². The molecule has 1 fully saturated rings. The Morgan fingerprint density at radius 1 is 1.39 bits per heavy atom. The number of hydrogen-bond donors (Lipinski definition) is 2. The molecule has 7 heteroatoms. The minimum Gasteiger partial charge on any atom is -0.500 e. The summed E-state index contributed by atoms with van der Waals surface area (Å²) >= 11 is 0. The van der Waals surface area contributed by atoms with Gasteiger partial charge < -0.3 is 15.2 Å². The lowest BCUT2D eigenvalue weighted by atomic mass is 9.94. The smallest absolute Gasteiger partial charge is 0.314 e. The number of aromatic hydroxyl groups is 1. The van der Waals surface area contributed by atoms with Gasteiger partial charge in [0.2, 0.25) is 5.75 Å². The van der Waals surface area contributed by atoms with Crippen LogP contribution in [0.5, 0.6) is 11.5 Å². The lowest BCUT2D eigenvalue weighted by molar-refractivity contribution is -0.386. The number of nitro benzene ring substituents is 1. The molecule has 0 aliphatic carbocycles. The molecular weight excluding hydrogens is 298 g/mol. The summed E-state index contributed by atoms with van der Waals surface area (Å²) in [6, 6.07) is 3.27. The van der Waals surface area contributed by atoms with Crippen molar-refractivity contribution in [1.82, 2.24) is 10.2 Å². The largest absolute Gasteiger partial charge is 0.500 e. The van der Waals surface area contributed by atoms with Gasteiger partial charge in [-0.05, 0) is 24.0 Å². The number of hydrogen-bond acceptors (Lipinski definition) is 6. The molecule has 2 N–H and O–H groups in total. The van der Waals surface area contributed by atoms with Gasteiger partial charge in [-0.2, -0.15) is 0 Å². The van der Waals surface area contributed by atoms with E-state index in [4.69, 9.17) is 4.74 Å². The van der Waals surface area contributed by atoms with Gasteiger partial charge in [0.05, 0.1) is 12.0 Å². The molecule has 23 heavy (non-hydrogen) atoms. The van der Waals surface area contributed by atoms with Gasteiger partial charge in [0.1, 0.15) is 0 Å². The van der Waals surface area contributed by atoms with E-state index < -0.39 is 10.7 Å². The van der Waals surface area contributed by atoms with Crippen LogP contribution in [0, 0.1) is 16.0 Å². The first-order chi connectivity index (χ1) is 10.9. The average molecular weight is 323 g/mol. The fraction of sp³-hybridized carbons (Fsp3) is 0.625. The van der Waals surface area contributed by atoms with Crippen LogP contribution in [0.4, 0.5) is 5.69 Å². The van der Waals surface area contributed by atoms with E-state index in [0.717, 1.165) is 38.2 Å². The monoisotopic (exact) mass is 323 g/mol. The maximum Gasteiger partial charge on any atom is 0.314 e. The third-order valence-corrected chi connectivity index (χ3v) is 4.17. The minimum atomic E-state index is -0.564. The fourth-order valence-electron chi connectivity index (χ4n) is 3.04. The Bertz CT molecular complexity index is 557. The highest BCUT2D eigenvalue weighted by Gasteiger charge is 2.28. The molecule has 1 heterocycles. The van der Waals surface area contributed by atoms with Gasteiger partial charge in [0.15, 0.2) is 5.75 Å². The molecule has 1 aliphatic rings. The topological polar surface area (TPSA) is 87.9 Å². The van der Waals surface area contributed by atoms with Crippen LogP contribution in [-0.4, -0.2) is 48.2 Å². The third-order valence-electron chi connectivity index (χ3n) is 4.17. The number of piperazine rings is 1. The van der Waals surface area contributed by atoms with Crippen molar-refractivity contribution in [3.05, 3.63) is 27.8 Å². The van der Waals surface area contributed by atoms with Crippen LogP contribution < -0.4 is 10.1 Å². The number of nitro groups is 1. The molecule has 0 unspecified atom stereocenters. The van der Waals surface area contributed by atoms with Crippen molar-refractivity contribution in [1.29, 1.82) is 0 Å². The lowest BCUT2D eigenvalue weighted by Crippen LogP contribution is -2.45. The van der Waals surface area contributed by atoms with Gasteiger partial charge in [-0.1, -0.05) is 13.8 Å². The van der Waals surface area contributed by atoms with Crippen LogP contribution in [0.3, 0.4) is 0 Å². The highest BCUT2D eigenvalue weighted by atomic mass is 16.6. The molecule has 0 radical (unpaired) electrons. The van der Waals surface area contributed by atoms with Gasteiger partial charge in [0, 0.05) is 38.3 Å². The lowest BCUT2D eigenvalue weighted by Gasteiger charge is -2.36. The summed E-state index contributed by atoms with van der Waals surface area (Å²) in [5.74, 6) is 0.191. The SMILES string of the molecule is COc1cc([C@H](CC(C)C)N2CCNCC2)cc([N+](=O)[O-])c1O. The molecule has 1 aliphatic heterocycles. The van der Waals surface area contributed by atoms with Crippen LogP contribution in [0.2, 0.25) is 0 Å².